The van der Waals surface area contributed by atoms with E-state index in [1.807, 2.05) is 6.07 Å². The number of hydrogen-bond acceptors (Lipinski definition) is 3. The maximum Gasteiger partial charge on any atom is 0.119 e. The number of rotatable bonds is 6. The van der Waals surface area contributed by atoms with E-state index in [-0.39, 0.29) is 4.75 Å². The summed E-state index contributed by atoms with van der Waals surface area (Å²) >= 11 is 4.45. The normalized spacial score (nSPS) is 11.6. The number of nitrogens with one attached hydrogen (secondary N) is 1. The molecule has 1 aromatic carbocycles. The van der Waals surface area contributed by atoms with Crippen LogP contribution in [0.15, 0.2) is 18.2 Å². The fourth-order valence-corrected chi connectivity index (χ4v) is 1.55. The fourth-order valence-electron chi connectivity index (χ4n) is 1.44. The van der Waals surface area contributed by atoms with Crippen molar-refractivity contribution in [3.8, 4) is 5.75 Å². The van der Waals surface area contributed by atoms with E-state index in [0.29, 0.717) is 6.61 Å². The minimum atomic E-state index is 0.0282. The predicted molar refractivity (Wildman–Crippen MR) is 77.3 cm³/mol. The van der Waals surface area contributed by atoms with Crippen molar-refractivity contribution in [2.24, 2.45) is 0 Å². The first-order chi connectivity index (χ1) is 7.88. The minimum Gasteiger partial charge on any atom is -0.492 e. The molecule has 0 saturated carbocycles. The first-order valence-corrected chi connectivity index (χ1v) is 6.46. The van der Waals surface area contributed by atoms with Crippen LogP contribution in [0.2, 0.25) is 0 Å². The number of hydrogen-bond donors (Lipinski definition) is 2. The van der Waals surface area contributed by atoms with Gasteiger partial charge in [-0.05, 0) is 51.0 Å². The van der Waals surface area contributed by atoms with Crippen LogP contribution in [0.1, 0.15) is 25.0 Å². The third-order valence-corrected chi connectivity index (χ3v) is 2.74. The largest absolute Gasteiger partial charge is 0.492 e. The summed E-state index contributed by atoms with van der Waals surface area (Å²) in [7, 11) is 0. The average Bonchev–Trinajstić information content (AvgIpc) is 2.21. The molecule has 0 spiro atoms. The van der Waals surface area contributed by atoms with Crippen LogP contribution >= 0.6 is 12.6 Å². The molecule has 1 rings (SSSR count). The summed E-state index contributed by atoms with van der Waals surface area (Å²) in [6.45, 7) is 10.8. The Labute approximate surface area is 110 Å². The second kappa shape index (κ2) is 6.31. The van der Waals surface area contributed by atoms with Crippen molar-refractivity contribution >= 4 is 12.6 Å². The van der Waals surface area contributed by atoms with Crippen LogP contribution in [0.4, 0.5) is 0 Å². The van der Waals surface area contributed by atoms with E-state index in [1.54, 1.807) is 0 Å². The van der Waals surface area contributed by atoms with Gasteiger partial charge in [0.2, 0.25) is 0 Å². The van der Waals surface area contributed by atoms with Gasteiger partial charge in [-0.2, -0.15) is 12.6 Å². The Morgan fingerprint density at radius 2 is 1.94 bits per heavy atom. The van der Waals surface area contributed by atoms with Gasteiger partial charge >= 0.3 is 0 Å². The lowest BCUT2D eigenvalue weighted by atomic mass is 10.1. The van der Waals surface area contributed by atoms with Gasteiger partial charge in [-0.3, -0.25) is 0 Å². The van der Waals surface area contributed by atoms with Crippen molar-refractivity contribution in [2.75, 3.05) is 19.7 Å². The molecule has 1 N–H and O–H groups in total. The lowest BCUT2D eigenvalue weighted by Gasteiger charge is -2.18. The van der Waals surface area contributed by atoms with E-state index >= 15 is 0 Å². The highest BCUT2D eigenvalue weighted by molar-refractivity contribution is 7.81. The van der Waals surface area contributed by atoms with Gasteiger partial charge in [-0.15, -0.1) is 0 Å². The monoisotopic (exact) mass is 253 g/mol. The van der Waals surface area contributed by atoms with Gasteiger partial charge in [0, 0.05) is 17.8 Å². The molecule has 0 heterocycles. The van der Waals surface area contributed by atoms with E-state index in [4.69, 9.17) is 4.74 Å². The van der Waals surface area contributed by atoms with Crippen LogP contribution in [-0.4, -0.2) is 24.4 Å². The highest BCUT2D eigenvalue weighted by atomic mass is 32.1. The van der Waals surface area contributed by atoms with Crippen LogP contribution in [0, 0.1) is 13.8 Å². The van der Waals surface area contributed by atoms with Gasteiger partial charge in [0.05, 0.1) is 0 Å². The third kappa shape index (κ3) is 5.99. The molecule has 0 bridgehead atoms. The summed E-state index contributed by atoms with van der Waals surface area (Å²) in [5, 5.41) is 3.32. The predicted octanol–water partition coefficient (Wildman–Crippen LogP) is 2.98. The van der Waals surface area contributed by atoms with E-state index < -0.39 is 0 Å². The minimum absolute atomic E-state index is 0.0282. The smallest absolute Gasteiger partial charge is 0.119 e. The Bertz CT molecular complexity index is 358. The fraction of sp³-hybridized carbons (Fsp3) is 0.571. The van der Waals surface area contributed by atoms with Crippen molar-refractivity contribution in [1.82, 2.24) is 5.32 Å². The zero-order chi connectivity index (χ0) is 12.9. The molecule has 17 heavy (non-hydrogen) atoms. The number of ether oxygens (including phenoxy) is 1. The summed E-state index contributed by atoms with van der Waals surface area (Å²) in [6, 6.07) is 6.19. The Balaban J connectivity index is 2.25. The quantitative estimate of drug-likeness (QED) is 0.601. The first kappa shape index (κ1) is 14.4. The van der Waals surface area contributed by atoms with Gasteiger partial charge in [0.25, 0.3) is 0 Å². The lowest BCUT2D eigenvalue weighted by Crippen LogP contribution is -2.32. The Morgan fingerprint density at radius 1 is 1.24 bits per heavy atom. The molecule has 0 aliphatic carbocycles. The molecule has 0 radical (unpaired) electrons. The van der Waals surface area contributed by atoms with Crippen LogP contribution in [0.25, 0.3) is 0 Å². The van der Waals surface area contributed by atoms with E-state index in [2.05, 4.69) is 57.8 Å². The molecule has 0 unspecified atom stereocenters. The SMILES string of the molecule is Cc1ccc(OCCNCC(C)(C)S)cc1C. The van der Waals surface area contributed by atoms with Gasteiger partial charge in [-0.25, -0.2) is 0 Å². The summed E-state index contributed by atoms with van der Waals surface area (Å²) in [5.41, 5.74) is 2.57. The zero-order valence-corrected chi connectivity index (χ0v) is 12.1. The van der Waals surface area contributed by atoms with Crippen molar-refractivity contribution in [1.29, 1.82) is 0 Å². The third-order valence-electron chi connectivity index (χ3n) is 2.58. The second-order valence-electron chi connectivity index (χ2n) is 5.08. The standard InChI is InChI=1S/C14H23NOS/c1-11-5-6-13(9-12(11)2)16-8-7-15-10-14(3,4)17/h5-6,9,15,17H,7-8,10H2,1-4H3. The molecule has 3 heteroatoms. The number of benzene rings is 1. The summed E-state index contributed by atoms with van der Waals surface area (Å²) in [4.78, 5) is 0. The van der Waals surface area contributed by atoms with Gasteiger partial charge in [-0.1, -0.05) is 6.07 Å². The molecule has 0 aliphatic rings. The Morgan fingerprint density at radius 3 is 2.53 bits per heavy atom. The molecule has 0 atom stereocenters. The summed E-state index contributed by atoms with van der Waals surface area (Å²) in [6.07, 6.45) is 0. The molecule has 0 saturated heterocycles. The van der Waals surface area contributed by atoms with Crippen LogP contribution < -0.4 is 10.1 Å². The Kier molecular flexibility index (Phi) is 5.34. The van der Waals surface area contributed by atoms with Gasteiger partial charge in [0.15, 0.2) is 0 Å². The molecule has 0 fully saturated rings. The molecule has 96 valence electrons. The number of aryl methyl sites for hydroxylation is 2. The van der Waals surface area contributed by atoms with Crippen molar-refractivity contribution in [3.63, 3.8) is 0 Å². The molecule has 0 amide bonds. The average molecular weight is 253 g/mol. The van der Waals surface area contributed by atoms with E-state index in [0.717, 1.165) is 18.8 Å². The summed E-state index contributed by atoms with van der Waals surface area (Å²) < 4.78 is 5.70. The van der Waals surface area contributed by atoms with Gasteiger partial charge < -0.3 is 10.1 Å². The highest BCUT2D eigenvalue weighted by Crippen LogP contribution is 2.16. The molecule has 0 aliphatic heterocycles. The first-order valence-electron chi connectivity index (χ1n) is 6.02. The second-order valence-corrected chi connectivity index (χ2v) is 6.29. The van der Waals surface area contributed by atoms with E-state index in [1.165, 1.54) is 11.1 Å². The van der Waals surface area contributed by atoms with Crippen molar-refractivity contribution in [3.05, 3.63) is 29.3 Å². The summed E-state index contributed by atoms with van der Waals surface area (Å²) in [5.74, 6) is 0.944. The van der Waals surface area contributed by atoms with Gasteiger partial charge in [0.1, 0.15) is 12.4 Å². The highest BCUT2D eigenvalue weighted by Gasteiger charge is 2.09. The molecule has 0 aromatic heterocycles. The van der Waals surface area contributed by atoms with Crippen LogP contribution in [0.5, 0.6) is 5.75 Å². The maximum atomic E-state index is 5.67. The van der Waals surface area contributed by atoms with E-state index in [9.17, 15) is 0 Å². The molecular formula is C14H23NOS. The topological polar surface area (TPSA) is 21.3 Å². The molecule has 2 nitrogen and oxygen atoms in total. The Hall–Kier alpha value is -0.670. The maximum absolute atomic E-state index is 5.67. The van der Waals surface area contributed by atoms with Crippen molar-refractivity contribution in [2.45, 2.75) is 32.4 Å². The number of thiol groups is 1. The molecular weight excluding hydrogens is 230 g/mol. The van der Waals surface area contributed by atoms with Crippen LogP contribution in [0.3, 0.4) is 0 Å². The zero-order valence-electron chi connectivity index (χ0n) is 11.2. The van der Waals surface area contributed by atoms with Crippen LogP contribution in [-0.2, 0) is 0 Å². The van der Waals surface area contributed by atoms with Crippen molar-refractivity contribution < 1.29 is 4.74 Å². The molecule has 1 aromatic rings. The lowest BCUT2D eigenvalue weighted by molar-refractivity contribution is 0.312.